The molecule has 0 spiro atoms. The van der Waals surface area contributed by atoms with Crippen LogP contribution in [-0.2, 0) is 0 Å². The van der Waals surface area contributed by atoms with Gasteiger partial charge in [-0.3, -0.25) is 0 Å². The van der Waals surface area contributed by atoms with E-state index in [2.05, 4.69) is 42.0 Å². The minimum absolute atomic E-state index is 0. The molecule has 5 rings (SSSR count). The molecule has 0 atom stereocenters. The lowest BCUT2D eigenvalue weighted by molar-refractivity contribution is 0.319. The Balaban J connectivity index is 0.00000132. The van der Waals surface area contributed by atoms with Crippen molar-refractivity contribution in [3.8, 4) is 0 Å². The highest BCUT2D eigenvalue weighted by Gasteiger charge is 2.35. The van der Waals surface area contributed by atoms with Gasteiger partial charge in [-0.25, -0.2) is 0 Å². The van der Waals surface area contributed by atoms with Crippen LogP contribution in [0.2, 0.25) is 0 Å². The summed E-state index contributed by atoms with van der Waals surface area (Å²) in [5.41, 5.74) is 4.86. The highest BCUT2D eigenvalue weighted by molar-refractivity contribution is 7.17. The van der Waals surface area contributed by atoms with E-state index >= 15 is 0 Å². The number of likely N-dealkylation sites (N-methyl/N-ethyl adjacent to an activating group) is 1. The molecule has 2 bridgehead atoms. The van der Waals surface area contributed by atoms with Crippen LogP contribution in [0.1, 0.15) is 31.2 Å². The highest BCUT2D eigenvalue weighted by atomic mass is 35.5. The summed E-state index contributed by atoms with van der Waals surface area (Å²) in [6.45, 7) is 1.07. The molecule has 1 N–H and O–H groups in total. The molecule has 21 heavy (non-hydrogen) atoms. The summed E-state index contributed by atoms with van der Waals surface area (Å²) < 4.78 is 1.41. The molecule has 3 aliphatic carbocycles. The number of allylic oxidation sites excluding steroid dienone is 1. The zero-order valence-corrected chi connectivity index (χ0v) is 14.0. The standard InChI is InChI=1S/C18H21NS.ClH/c1-19-11-16-12-2-4-13(5-3-12)18(16)15-6-7-17-14(10-15)8-9-20-17;/h6-10,12-13,19H,2-5,11H2,1H3;1H. The van der Waals surface area contributed by atoms with Gasteiger partial charge in [-0.2, -0.15) is 0 Å². The third kappa shape index (κ3) is 2.54. The summed E-state index contributed by atoms with van der Waals surface area (Å²) in [5, 5.41) is 7.00. The summed E-state index contributed by atoms with van der Waals surface area (Å²) in [6.07, 6.45) is 5.61. The number of fused-ring (bicyclic) bond motifs is 3. The smallest absolute Gasteiger partial charge is 0.0343 e. The summed E-state index contributed by atoms with van der Waals surface area (Å²) >= 11 is 1.84. The number of benzene rings is 1. The van der Waals surface area contributed by atoms with E-state index in [4.69, 9.17) is 0 Å². The lowest BCUT2D eigenvalue weighted by Crippen LogP contribution is -2.30. The number of thiophene rings is 1. The van der Waals surface area contributed by atoms with E-state index in [0.29, 0.717) is 0 Å². The van der Waals surface area contributed by atoms with Gasteiger partial charge in [-0.1, -0.05) is 6.07 Å². The minimum atomic E-state index is 0. The molecule has 1 aromatic carbocycles. The predicted molar refractivity (Wildman–Crippen MR) is 95.4 cm³/mol. The zero-order valence-electron chi connectivity index (χ0n) is 12.4. The number of hydrogen-bond acceptors (Lipinski definition) is 2. The largest absolute Gasteiger partial charge is 0.316 e. The van der Waals surface area contributed by atoms with E-state index in [1.165, 1.54) is 41.3 Å². The quantitative estimate of drug-likeness (QED) is 0.828. The second-order valence-corrected chi connectivity index (χ2v) is 7.14. The molecule has 3 heteroatoms. The van der Waals surface area contributed by atoms with Gasteiger partial charge in [0, 0.05) is 11.2 Å². The monoisotopic (exact) mass is 319 g/mol. The Morgan fingerprint density at radius 1 is 1.10 bits per heavy atom. The molecule has 112 valence electrons. The van der Waals surface area contributed by atoms with E-state index in [0.717, 1.165) is 18.4 Å². The van der Waals surface area contributed by atoms with Crippen molar-refractivity contribution in [2.45, 2.75) is 25.7 Å². The third-order valence-corrected chi connectivity index (χ3v) is 6.00. The number of nitrogens with one attached hydrogen (secondary N) is 1. The van der Waals surface area contributed by atoms with E-state index in [1.54, 1.807) is 11.1 Å². The maximum Gasteiger partial charge on any atom is 0.0343 e. The van der Waals surface area contributed by atoms with Gasteiger partial charge in [0.2, 0.25) is 0 Å². The number of hydrogen-bond donors (Lipinski definition) is 1. The van der Waals surface area contributed by atoms with Gasteiger partial charge >= 0.3 is 0 Å². The molecule has 3 aliphatic rings. The summed E-state index contributed by atoms with van der Waals surface area (Å²) in [4.78, 5) is 0. The molecule has 0 saturated heterocycles. The van der Waals surface area contributed by atoms with Crippen LogP contribution in [0.25, 0.3) is 15.7 Å². The van der Waals surface area contributed by atoms with Crippen LogP contribution in [0.3, 0.4) is 0 Å². The van der Waals surface area contributed by atoms with E-state index in [-0.39, 0.29) is 12.4 Å². The molecule has 0 amide bonds. The van der Waals surface area contributed by atoms with Crippen LogP contribution in [0.5, 0.6) is 0 Å². The lowest BCUT2D eigenvalue weighted by Gasteiger charge is -2.40. The topological polar surface area (TPSA) is 12.0 Å². The molecular formula is C18H22ClNS. The Kier molecular flexibility index (Phi) is 4.39. The second-order valence-electron chi connectivity index (χ2n) is 6.19. The van der Waals surface area contributed by atoms with Crippen LogP contribution in [-0.4, -0.2) is 13.6 Å². The molecule has 0 unspecified atom stereocenters. The van der Waals surface area contributed by atoms with Crippen molar-refractivity contribution in [3.63, 3.8) is 0 Å². The van der Waals surface area contributed by atoms with Gasteiger partial charge < -0.3 is 5.32 Å². The van der Waals surface area contributed by atoms with Crippen LogP contribution in [0, 0.1) is 11.8 Å². The Bertz CT molecular complexity index is 665. The van der Waals surface area contributed by atoms with Gasteiger partial charge in [-0.05, 0) is 90.2 Å². The molecule has 1 nitrogen and oxygen atoms in total. The summed E-state index contributed by atoms with van der Waals surface area (Å²) in [7, 11) is 2.08. The fraction of sp³-hybridized carbons (Fsp3) is 0.444. The molecule has 1 aromatic heterocycles. The van der Waals surface area contributed by atoms with Crippen molar-refractivity contribution in [2.75, 3.05) is 13.6 Å². The predicted octanol–water partition coefficient (Wildman–Crippen LogP) is 5.12. The average Bonchev–Trinajstić information content (AvgIpc) is 2.96. The van der Waals surface area contributed by atoms with E-state index in [1.807, 2.05) is 11.3 Å². The first kappa shape index (κ1) is 15.1. The fourth-order valence-electron chi connectivity index (χ4n) is 4.20. The molecule has 0 aliphatic heterocycles. The SMILES string of the molecule is CNCC1=C(c2ccc3sccc3c2)C2CCC1CC2.Cl. The Hall–Kier alpha value is -0.830. The molecule has 2 aromatic rings. The van der Waals surface area contributed by atoms with Crippen molar-refractivity contribution in [2.24, 2.45) is 11.8 Å². The summed E-state index contributed by atoms with van der Waals surface area (Å²) in [6, 6.07) is 9.33. The number of halogens is 1. The number of rotatable bonds is 3. The molecule has 1 fully saturated rings. The van der Waals surface area contributed by atoms with Crippen molar-refractivity contribution in [1.82, 2.24) is 5.32 Å². The lowest BCUT2D eigenvalue weighted by atomic mass is 9.65. The molecule has 0 radical (unpaired) electrons. The third-order valence-electron chi connectivity index (χ3n) is 5.10. The maximum absolute atomic E-state index is 3.40. The average molecular weight is 320 g/mol. The molecular weight excluding hydrogens is 298 g/mol. The second kappa shape index (κ2) is 6.12. The van der Waals surface area contributed by atoms with Crippen molar-refractivity contribution < 1.29 is 0 Å². The maximum atomic E-state index is 3.40. The van der Waals surface area contributed by atoms with Crippen molar-refractivity contribution in [1.29, 1.82) is 0 Å². The fourth-order valence-corrected chi connectivity index (χ4v) is 4.97. The van der Waals surface area contributed by atoms with Gasteiger partial charge in [0.1, 0.15) is 0 Å². The highest BCUT2D eigenvalue weighted by Crippen LogP contribution is 2.49. The van der Waals surface area contributed by atoms with Gasteiger partial charge in [0.15, 0.2) is 0 Å². The first-order valence-electron chi connectivity index (χ1n) is 7.72. The van der Waals surface area contributed by atoms with Gasteiger partial charge in [0.05, 0.1) is 0 Å². The Labute approximate surface area is 136 Å². The Morgan fingerprint density at radius 3 is 2.62 bits per heavy atom. The molecule has 1 saturated carbocycles. The van der Waals surface area contributed by atoms with Gasteiger partial charge in [0.25, 0.3) is 0 Å². The van der Waals surface area contributed by atoms with Crippen LogP contribution in [0.15, 0.2) is 35.2 Å². The van der Waals surface area contributed by atoms with E-state index in [9.17, 15) is 0 Å². The van der Waals surface area contributed by atoms with Gasteiger partial charge in [-0.15, -0.1) is 23.7 Å². The van der Waals surface area contributed by atoms with Crippen LogP contribution in [0.4, 0.5) is 0 Å². The first-order valence-corrected chi connectivity index (χ1v) is 8.60. The summed E-state index contributed by atoms with van der Waals surface area (Å²) in [5.74, 6) is 1.64. The van der Waals surface area contributed by atoms with Crippen molar-refractivity contribution >= 4 is 39.4 Å². The minimum Gasteiger partial charge on any atom is -0.316 e. The van der Waals surface area contributed by atoms with Crippen LogP contribution < -0.4 is 5.32 Å². The zero-order chi connectivity index (χ0) is 13.5. The van der Waals surface area contributed by atoms with E-state index < -0.39 is 0 Å². The van der Waals surface area contributed by atoms with Crippen molar-refractivity contribution in [3.05, 3.63) is 40.8 Å². The normalized spacial score (nSPS) is 24.4. The first-order chi connectivity index (χ1) is 9.86. The Morgan fingerprint density at radius 2 is 1.86 bits per heavy atom. The van der Waals surface area contributed by atoms with Crippen LogP contribution >= 0.6 is 23.7 Å². The molecule has 1 heterocycles.